The molecule has 0 unspecified atom stereocenters. The topological polar surface area (TPSA) is 61.9 Å². The number of hydrogen-bond donors (Lipinski definition) is 1. The van der Waals surface area contributed by atoms with Gasteiger partial charge in [-0.2, -0.15) is 0 Å². The van der Waals surface area contributed by atoms with Gasteiger partial charge in [0.15, 0.2) is 0 Å². The first-order valence-electron chi connectivity index (χ1n) is 11.7. The second-order valence-corrected chi connectivity index (χ2v) is 10.4. The van der Waals surface area contributed by atoms with Gasteiger partial charge in [0.05, 0.1) is 12.5 Å². The van der Waals surface area contributed by atoms with Gasteiger partial charge in [-0.15, -0.1) is 0 Å². The molecule has 6 heteroatoms. The molecule has 1 spiro atoms. The first-order valence-corrected chi connectivity index (χ1v) is 11.7. The number of nitrogens with one attached hydrogen (secondary N) is 1. The van der Waals surface area contributed by atoms with Crippen LogP contribution in [0.1, 0.15) is 49.9 Å². The van der Waals surface area contributed by atoms with Crippen LogP contribution in [0.4, 0.5) is 0 Å². The Kier molecular flexibility index (Phi) is 6.03. The Morgan fingerprint density at radius 1 is 1.13 bits per heavy atom. The van der Waals surface area contributed by atoms with Gasteiger partial charge in [-0.05, 0) is 74.2 Å². The molecule has 0 aromatic heterocycles. The number of hydrogen-bond acceptors (Lipinski definition) is 4. The van der Waals surface area contributed by atoms with Crippen LogP contribution in [0, 0.1) is 22.7 Å². The summed E-state index contributed by atoms with van der Waals surface area (Å²) in [6.45, 7) is 8.42. The predicted molar refractivity (Wildman–Crippen MR) is 121 cm³/mol. The van der Waals surface area contributed by atoms with Crippen molar-refractivity contribution in [3.63, 3.8) is 0 Å². The van der Waals surface area contributed by atoms with E-state index >= 15 is 0 Å². The Morgan fingerprint density at radius 3 is 2.42 bits per heavy atom. The second-order valence-electron chi connectivity index (χ2n) is 10.4. The molecule has 1 saturated carbocycles. The van der Waals surface area contributed by atoms with Crippen molar-refractivity contribution >= 4 is 11.8 Å². The molecular weight excluding hydrogens is 390 g/mol. The fourth-order valence-electron chi connectivity index (χ4n) is 6.31. The Balaban J connectivity index is 1.45. The number of likely N-dealkylation sites (tertiary alicyclic amines) is 2. The molecule has 0 radical (unpaired) electrons. The molecule has 1 aliphatic carbocycles. The first kappa shape index (κ1) is 22.1. The lowest BCUT2D eigenvalue weighted by Gasteiger charge is -2.44. The number of benzene rings is 1. The molecule has 2 heterocycles. The number of piperidine rings is 1. The Labute approximate surface area is 186 Å². The van der Waals surface area contributed by atoms with E-state index in [-0.39, 0.29) is 22.6 Å². The summed E-state index contributed by atoms with van der Waals surface area (Å²) in [6.07, 6.45) is 4.06. The van der Waals surface area contributed by atoms with Crippen LogP contribution in [-0.4, -0.2) is 68.5 Å². The van der Waals surface area contributed by atoms with Gasteiger partial charge in [-0.1, -0.05) is 13.8 Å². The van der Waals surface area contributed by atoms with Crippen molar-refractivity contribution in [3.8, 4) is 5.75 Å². The lowest BCUT2D eigenvalue weighted by molar-refractivity contribution is -0.133. The van der Waals surface area contributed by atoms with Gasteiger partial charge >= 0.3 is 0 Å². The van der Waals surface area contributed by atoms with Gasteiger partial charge in [-0.25, -0.2) is 0 Å². The lowest BCUT2D eigenvalue weighted by atomic mass is 9.65. The van der Waals surface area contributed by atoms with Crippen molar-refractivity contribution in [1.29, 1.82) is 0 Å². The van der Waals surface area contributed by atoms with Gasteiger partial charge in [0.1, 0.15) is 5.75 Å². The normalized spacial score (nSPS) is 27.5. The maximum Gasteiger partial charge on any atom is 0.253 e. The molecule has 4 rings (SSSR count). The average molecular weight is 428 g/mol. The third-order valence-electron chi connectivity index (χ3n) is 8.03. The fourth-order valence-corrected chi connectivity index (χ4v) is 6.31. The molecule has 2 aliphatic heterocycles. The molecule has 2 amide bonds. The molecular formula is C25H37N3O3. The van der Waals surface area contributed by atoms with Crippen LogP contribution < -0.4 is 10.1 Å². The Bertz CT molecular complexity index is 814. The van der Waals surface area contributed by atoms with Crippen molar-refractivity contribution in [3.05, 3.63) is 29.8 Å². The molecule has 3 fully saturated rings. The lowest BCUT2D eigenvalue weighted by Crippen LogP contribution is -2.50. The molecule has 1 aromatic rings. The Hall–Kier alpha value is -2.08. The number of rotatable bonds is 5. The zero-order chi connectivity index (χ0) is 22.2. The van der Waals surface area contributed by atoms with Gasteiger partial charge in [0.2, 0.25) is 5.91 Å². The Morgan fingerprint density at radius 2 is 1.81 bits per heavy atom. The van der Waals surface area contributed by atoms with E-state index in [0.29, 0.717) is 17.4 Å². The van der Waals surface area contributed by atoms with Crippen molar-refractivity contribution in [2.45, 2.75) is 39.5 Å². The summed E-state index contributed by atoms with van der Waals surface area (Å²) in [4.78, 5) is 30.7. The van der Waals surface area contributed by atoms with E-state index in [0.717, 1.165) is 64.2 Å². The summed E-state index contributed by atoms with van der Waals surface area (Å²) >= 11 is 0. The molecule has 6 nitrogen and oxygen atoms in total. The van der Waals surface area contributed by atoms with Crippen LogP contribution in [0.5, 0.6) is 5.75 Å². The van der Waals surface area contributed by atoms with Gasteiger partial charge < -0.3 is 19.9 Å². The highest BCUT2D eigenvalue weighted by atomic mass is 16.5. The van der Waals surface area contributed by atoms with Crippen molar-refractivity contribution < 1.29 is 14.3 Å². The number of fused-ring (bicyclic) bond motifs is 2. The maximum absolute atomic E-state index is 13.3. The number of amides is 2. The quantitative estimate of drug-likeness (QED) is 0.785. The SMILES string of the molecule is COc1ccc(C(=O)N2CCC3(CC2)CC[C@@]2(C(=O)NCC(C)C)CN(C)C[C@@H]32)cc1. The zero-order valence-corrected chi connectivity index (χ0v) is 19.4. The minimum Gasteiger partial charge on any atom is -0.497 e. The molecule has 31 heavy (non-hydrogen) atoms. The van der Waals surface area contributed by atoms with Crippen LogP contribution in [0.2, 0.25) is 0 Å². The molecule has 3 aliphatic rings. The van der Waals surface area contributed by atoms with Crippen molar-refractivity contribution in [2.75, 3.05) is 46.9 Å². The van der Waals surface area contributed by atoms with Crippen LogP contribution >= 0.6 is 0 Å². The third kappa shape index (κ3) is 3.95. The number of methoxy groups -OCH3 is 1. The highest BCUT2D eigenvalue weighted by molar-refractivity contribution is 5.94. The highest BCUT2D eigenvalue weighted by Gasteiger charge is 2.63. The zero-order valence-electron chi connectivity index (χ0n) is 19.4. The highest BCUT2D eigenvalue weighted by Crippen LogP contribution is 2.61. The van der Waals surface area contributed by atoms with Gasteiger partial charge in [0, 0.05) is 38.3 Å². The summed E-state index contributed by atoms with van der Waals surface area (Å²) in [5.74, 6) is 1.96. The van der Waals surface area contributed by atoms with E-state index in [1.54, 1.807) is 7.11 Å². The van der Waals surface area contributed by atoms with E-state index < -0.39 is 0 Å². The fraction of sp³-hybridized carbons (Fsp3) is 0.680. The molecule has 1 N–H and O–H groups in total. The summed E-state index contributed by atoms with van der Waals surface area (Å²) < 4.78 is 5.20. The maximum atomic E-state index is 13.3. The largest absolute Gasteiger partial charge is 0.497 e. The molecule has 170 valence electrons. The van der Waals surface area contributed by atoms with E-state index in [1.807, 2.05) is 29.2 Å². The summed E-state index contributed by atoms with van der Waals surface area (Å²) in [5.41, 5.74) is 0.633. The van der Waals surface area contributed by atoms with Crippen LogP contribution in [0.15, 0.2) is 24.3 Å². The van der Waals surface area contributed by atoms with E-state index in [1.165, 1.54) is 0 Å². The average Bonchev–Trinajstić information content (AvgIpc) is 3.27. The number of ether oxygens (including phenoxy) is 1. The van der Waals surface area contributed by atoms with E-state index in [9.17, 15) is 9.59 Å². The third-order valence-corrected chi connectivity index (χ3v) is 8.03. The van der Waals surface area contributed by atoms with E-state index in [2.05, 4.69) is 31.1 Å². The van der Waals surface area contributed by atoms with Crippen LogP contribution in [0.3, 0.4) is 0 Å². The number of carbonyl (C=O) groups is 2. The molecule has 0 bridgehead atoms. The minimum atomic E-state index is -0.258. The predicted octanol–water partition coefficient (Wildman–Crippen LogP) is 3.03. The number of nitrogens with zero attached hydrogens (tertiary/aromatic N) is 2. The summed E-state index contributed by atoms with van der Waals surface area (Å²) in [7, 11) is 3.78. The second kappa shape index (κ2) is 8.45. The van der Waals surface area contributed by atoms with Gasteiger partial charge in [0.25, 0.3) is 5.91 Å². The standard InChI is InChI=1S/C25H37N3O3/c1-18(2)15-26-23(30)25-10-9-24(21(25)16-27(3)17-25)11-13-28(14-12-24)22(29)19-5-7-20(31-4)8-6-19/h5-8,18,21H,9-17H2,1-4H3,(H,26,30)/t21-,25+/m0/s1. The smallest absolute Gasteiger partial charge is 0.253 e. The summed E-state index contributed by atoms with van der Waals surface area (Å²) in [5, 5.41) is 3.25. The van der Waals surface area contributed by atoms with Crippen LogP contribution in [0.25, 0.3) is 0 Å². The van der Waals surface area contributed by atoms with E-state index in [4.69, 9.17) is 4.74 Å². The molecule has 2 atom stereocenters. The van der Waals surface area contributed by atoms with Crippen LogP contribution in [-0.2, 0) is 4.79 Å². The van der Waals surface area contributed by atoms with Crippen molar-refractivity contribution in [1.82, 2.24) is 15.1 Å². The van der Waals surface area contributed by atoms with Crippen molar-refractivity contribution in [2.24, 2.45) is 22.7 Å². The molecule has 1 aromatic carbocycles. The minimum absolute atomic E-state index is 0.0972. The molecule has 2 saturated heterocycles. The monoisotopic (exact) mass is 427 g/mol. The number of carbonyl (C=O) groups excluding carboxylic acids is 2. The van der Waals surface area contributed by atoms with Gasteiger partial charge in [-0.3, -0.25) is 9.59 Å². The first-order chi connectivity index (χ1) is 14.8. The summed E-state index contributed by atoms with van der Waals surface area (Å²) in [6, 6.07) is 7.37.